The number of ether oxygens (including phenoxy) is 1. The van der Waals surface area contributed by atoms with Gasteiger partial charge in [0.05, 0.1) is 19.1 Å². The molecule has 0 fully saturated rings. The van der Waals surface area contributed by atoms with Crippen LogP contribution in [-0.2, 0) is 11.2 Å². The van der Waals surface area contributed by atoms with Gasteiger partial charge >= 0.3 is 0 Å². The molecule has 0 saturated heterocycles. The van der Waals surface area contributed by atoms with E-state index in [4.69, 9.17) is 15.0 Å². The van der Waals surface area contributed by atoms with Gasteiger partial charge in [-0.05, 0) is 11.4 Å². The van der Waals surface area contributed by atoms with Crippen molar-refractivity contribution in [2.75, 3.05) is 13.7 Å². The number of hydrogen-bond acceptors (Lipinski definition) is 6. The van der Waals surface area contributed by atoms with Gasteiger partial charge in [0, 0.05) is 12.0 Å². The molecule has 0 aromatic carbocycles. The third-order valence-corrected chi connectivity index (χ3v) is 2.94. The smallest absolute Gasteiger partial charge is 0.231 e. The van der Waals surface area contributed by atoms with E-state index in [1.807, 2.05) is 17.5 Å². The molecule has 1 atom stereocenters. The second-order valence-corrected chi connectivity index (χ2v) is 4.40. The highest BCUT2D eigenvalue weighted by atomic mass is 32.1. The van der Waals surface area contributed by atoms with E-state index in [9.17, 15) is 0 Å². The molecular weight excluding hydrogens is 226 g/mol. The van der Waals surface area contributed by atoms with Crippen molar-refractivity contribution in [3.63, 3.8) is 0 Å². The Bertz CT molecular complexity index is 427. The van der Waals surface area contributed by atoms with Crippen molar-refractivity contribution in [3.05, 3.63) is 34.1 Å². The summed E-state index contributed by atoms with van der Waals surface area (Å²) in [5.41, 5.74) is 5.78. The molecule has 0 radical (unpaired) electrons. The molecule has 2 N–H and O–H groups in total. The Labute approximate surface area is 97.2 Å². The molecule has 2 aromatic rings. The first-order valence-corrected chi connectivity index (χ1v) is 5.77. The molecule has 1 unspecified atom stereocenters. The molecule has 86 valence electrons. The number of rotatable bonds is 5. The van der Waals surface area contributed by atoms with Crippen LogP contribution in [-0.4, -0.2) is 23.9 Å². The molecule has 0 saturated carbocycles. The molecule has 5 nitrogen and oxygen atoms in total. The van der Waals surface area contributed by atoms with Crippen LogP contribution in [0.2, 0.25) is 0 Å². The molecule has 0 bridgehead atoms. The Morgan fingerprint density at radius 3 is 3.19 bits per heavy atom. The van der Waals surface area contributed by atoms with Crippen LogP contribution in [0.1, 0.15) is 22.6 Å². The second kappa shape index (κ2) is 5.20. The molecule has 2 aromatic heterocycles. The predicted molar refractivity (Wildman–Crippen MR) is 60.2 cm³/mol. The maximum Gasteiger partial charge on any atom is 0.231 e. The molecule has 2 rings (SSSR count). The lowest BCUT2D eigenvalue weighted by molar-refractivity contribution is 0.177. The lowest BCUT2D eigenvalue weighted by Crippen LogP contribution is -2.17. The van der Waals surface area contributed by atoms with Gasteiger partial charge in [0.2, 0.25) is 5.89 Å². The summed E-state index contributed by atoms with van der Waals surface area (Å²) in [5, 5.41) is 5.85. The number of nitrogens with two attached hydrogens (primary N) is 1. The fourth-order valence-electron chi connectivity index (χ4n) is 1.31. The van der Waals surface area contributed by atoms with Crippen LogP contribution < -0.4 is 5.73 Å². The third-order valence-electron chi connectivity index (χ3n) is 2.07. The van der Waals surface area contributed by atoms with Gasteiger partial charge in [0.1, 0.15) is 0 Å². The molecule has 0 aliphatic carbocycles. The van der Waals surface area contributed by atoms with Gasteiger partial charge in [-0.15, -0.1) is 11.3 Å². The van der Waals surface area contributed by atoms with Crippen LogP contribution in [0.15, 0.2) is 22.0 Å². The maximum atomic E-state index is 5.78. The van der Waals surface area contributed by atoms with Gasteiger partial charge in [-0.1, -0.05) is 11.2 Å². The molecule has 2 heterocycles. The van der Waals surface area contributed by atoms with E-state index in [1.54, 1.807) is 18.4 Å². The summed E-state index contributed by atoms with van der Waals surface area (Å²) in [7, 11) is 1.59. The van der Waals surface area contributed by atoms with Gasteiger partial charge in [0.25, 0.3) is 0 Å². The first kappa shape index (κ1) is 11.3. The third kappa shape index (κ3) is 2.66. The van der Waals surface area contributed by atoms with Crippen molar-refractivity contribution >= 4 is 11.3 Å². The monoisotopic (exact) mass is 239 g/mol. The summed E-state index contributed by atoms with van der Waals surface area (Å²) in [4.78, 5) is 5.42. The average molecular weight is 239 g/mol. The van der Waals surface area contributed by atoms with Gasteiger partial charge in [0.15, 0.2) is 5.82 Å². The minimum Gasteiger partial charge on any atom is -0.383 e. The van der Waals surface area contributed by atoms with Gasteiger partial charge in [-0.3, -0.25) is 0 Å². The van der Waals surface area contributed by atoms with Crippen molar-refractivity contribution in [1.29, 1.82) is 0 Å². The lowest BCUT2D eigenvalue weighted by atomic mass is 10.3. The Hall–Kier alpha value is -1.24. The van der Waals surface area contributed by atoms with E-state index in [0.717, 1.165) is 0 Å². The van der Waals surface area contributed by atoms with Crippen molar-refractivity contribution in [1.82, 2.24) is 10.1 Å². The first-order chi connectivity index (χ1) is 7.79. The quantitative estimate of drug-likeness (QED) is 0.853. The largest absolute Gasteiger partial charge is 0.383 e. The molecular formula is C10H13N3O2S. The molecule has 6 heteroatoms. The van der Waals surface area contributed by atoms with Crippen molar-refractivity contribution < 1.29 is 9.26 Å². The van der Waals surface area contributed by atoms with E-state index in [0.29, 0.717) is 24.7 Å². The number of thiophene rings is 1. The SMILES string of the molecule is COCC(N)c1noc(Cc2cccs2)n1. The zero-order valence-corrected chi connectivity index (χ0v) is 9.74. The summed E-state index contributed by atoms with van der Waals surface area (Å²) in [5.74, 6) is 1.08. The highest BCUT2D eigenvalue weighted by Crippen LogP contribution is 2.14. The van der Waals surface area contributed by atoms with Crippen LogP contribution in [0.25, 0.3) is 0 Å². The minimum atomic E-state index is -0.328. The minimum absolute atomic E-state index is 0.328. The van der Waals surface area contributed by atoms with Crippen LogP contribution in [0.5, 0.6) is 0 Å². The number of methoxy groups -OCH3 is 1. The second-order valence-electron chi connectivity index (χ2n) is 3.36. The molecule has 0 spiro atoms. The standard InChI is InChI=1S/C10H13N3O2S/c1-14-6-8(11)10-12-9(15-13-10)5-7-3-2-4-16-7/h2-4,8H,5-6,11H2,1H3. The summed E-state index contributed by atoms with van der Waals surface area (Å²) in [6.07, 6.45) is 0.657. The van der Waals surface area contributed by atoms with E-state index in [2.05, 4.69) is 10.1 Å². The maximum absolute atomic E-state index is 5.78. The first-order valence-electron chi connectivity index (χ1n) is 4.89. The fraction of sp³-hybridized carbons (Fsp3) is 0.400. The molecule has 0 aliphatic heterocycles. The van der Waals surface area contributed by atoms with E-state index in [1.165, 1.54) is 4.88 Å². The highest BCUT2D eigenvalue weighted by Gasteiger charge is 2.14. The summed E-state index contributed by atoms with van der Waals surface area (Å²) < 4.78 is 10.0. The molecule has 0 amide bonds. The van der Waals surface area contributed by atoms with Gasteiger partial charge in [-0.25, -0.2) is 0 Å². The lowest BCUT2D eigenvalue weighted by Gasteiger charge is -2.03. The van der Waals surface area contributed by atoms with Crippen LogP contribution in [0.4, 0.5) is 0 Å². The van der Waals surface area contributed by atoms with Crippen LogP contribution in [0, 0.1) is 0 Å². The average Bonchev–Trinajstić information content (AvgIpc) is 2.90. The highest BCUT2D eigenvalue weighted by molar-refractivity contribution is 7.09. The Morgan fingerprint density at radius 1 is 1.62 bits per heavy atom. The predicted octanol–water partition coefficient (Wildman–Crippen LogP) is 1.37. The molecule has 0 aliphatic rings. The van der Waals surface area contributed by atoms with Crippen molar-refractivity contribution in [2.24, 2.45) is 5.73 Å². The van der Waals surface area contributed by atoms with Gasteiger partial charge < -0.3 is 15.0 Å². The van der Waals surface area contributed by atoms with E-state index >= 15 is 0 Å². The van der Waals surface area contributed by atoms with E-state index < -0.39 is 0 Å². The van der Waals surface area contributed by atoms with Crippen molar-refractivity contribution in [2.45, 2.75) is 12.5 Å². The van der Waals surface area contributed by atoms with Crippen molar-refractivity contribution in [3.8, 4) is 0 Å². The van der Waals surface area contributed by atoms with E-state index in [-0.39, 0.29) is 6.04 Å². The number of nitrogens with zero attached hydrogens (tertiary/aromatic N) is 2. The molecule has 16 heavy (non-hydrogen) atoms. The van der Waals surface area contributed by atoms with Gasteiger partial charge in [-0.2, -0.15) is 4.98 Å². The number of hydrogen-bond donors (Lipinski definition) is 1. The zero-order valence-electron chi connectivity index (χ0n) is 8.92. The van der Waals surface area contributed by atoms with Crippen LogP contribution in [0.3, 0.4) is 0 Å². The summed E-state index contributed by atoms with van der Waals surface area (Å²) >= 11 is 1.66. The van der Waals surface area contributed by atoms with Crippen LogP contribution >= 0.6 is 11.3 Å². The number of aromatic nitrogens is 2. The Kier molecular flexibility index (Phi) is 3.66. The Balaban J connectivity index is 2.02. The normalized spacial score (nSPS) is 12.9. The Morgan fingerprint density at radius 2 is 2.50 bits per heavy atom. The fourth-order valence-corrected chi connectivity index (χ4v) is 2.00. The zero-order chi connectivity index (χ0) is 11.4. The summed E-state index contributed by atoms with van der Waals surface area (Å²) in [6.45, 7) is 0.387. The topological polar surface area (TPSA) is 74.2 Å². The summed E-state index contributed by atoms with van der Waals surface area (Å²) in [6, 6.07) is 3.70.